The Hall–Kier alpha value is -1.13. The second kappa shape index (κ2) is 20.8. The number of β-amino-alcohol motifs (C(OH)–C–C–N with tert-alkyl or cyclic N) is 1. The molecule has 1 rings (SSSR count). The first-order chi connectivity index (χ1) is 15.2. The normalized spacial score (nSPS) is 17.2. The largest absolute Gasteiger partial charge is 0.396 e. The number of hydrogen-bond donors (Lipinski definition) is 2. The van der Waals surface area contributed by atoms with Crippen LogP contribution in [0.2, 0.25) is 0 Å². The molecule has 1 heterocycles. The molecular formula is C27H49NO3. The van der Waals surface area contributed by atoms with Crippen LogP contribution in [-0.2, 0) is 4.79 Å². The molecule has 0 radical (unpaired) electrons. The van der Waals surface area contributed by atoms with E-state index >= 15 is 0 Å². The fraction of sp³-hybridized carbons (Fsp3) is 0.815. The molecule has 0 bridgehead atoms. The van der Waals surface area contributed by atoms with Crippen LogP contribution >= 0.6 is 0 Å². The molecule has 2 N–H and O–H groups in total. The number of allylic oxidation sites excluding steroid dienone is 3. The predicted molar refractivity (Wildman–Crippen MR) is 131 cm³/mol. The van der Waals surface area contributed by atoms with Crippen molar-refractivity contribution in [1.29, 1.82) is 0 Å². The highest BCUT2D eigenvalue weighted by molar-refractivity contribution is 5.87. The zero-order chi connectivity index (χ0) is 22.4. The van der Waals surface area contributed by atoms with E-state index < -0.39 is 0 Å². The van der Waals surface area contributed by atoms with Crippen molar-refractivity contribution in [3.8, 4) is 0 Å². The highest BCUT2D eigenvalue weighted by Crippen LogP contribution is 2.14. The second-order valence-corrected chi connectivity index (χ2v) is 9.18. The van der Waals surface area contributed by atoms with Gasteiger partial charge < -0.3 is 15.1 Å². The number of aliphatic hydroxyl groups is 2. The molecule has 0 spiro atoms. The molecular weight excluding hydrogens is 386 g/mol. The number of carbonyl (C=O) groups excluding carboxylic acids is 1. The van der Waals surface area contributed by atoms with Gasteiger partial charge in [-0.3, -0.25) is 4.79 Å². The summed E-state index contributed by atoms with van der Waals surface area (Å²) in [5, 5.41) is 18.4. The van der Waals surface area contributed by atoms with Gasteiger partial charge in [-0.15, -0.1) is 0 Å². The van der Waals surface area contributed by atoms with Crippen LogP contribution in [0.4, 0.5) is 0 Å². The van der Waals surface area contributed by atoms with Gasteiger partial charge in [-0.25, -0.2) is 0 Å². The van der Waals surface area contributed by atoms with Gasteiger partial charge in [0.1, 0.15) is 0 Å². The molecule has 1 aliphatic rings. The molecule has 180 valence electrons. The molecule has 0 aromatic heterocycles. The predicted octanol–water partition coefficient (Wildman–Crippen LogP) is 6.32. The summed E-state index contributed by atoms with van der Waals surface area (Å²) in [7, 11) is 0. The van der Waals surface area contributed by atoms with Crippen molar-refractivity contribution >= 4 is 5.91 Å². The van der Waals surface area contributed by atoms with Crippen molar-refractivity contribution in [3.05, 3.63) is 24.3 Å². The third-order valence-corrected chi connectivity index (χ3v) is 6.22. The molecule has 1 aliphatic heterocycles. The Morgan fingerprint density at radius 1 is 0.774 bits per heavy atom. The first kappa shape index (κ1) is 27.9. The van der Waals surface area contributed by atoms with E-state index in [-0.39, 0.29) is 12.0 Å². The zero-order valence-corrected chi connectivity index (χ0v) is 20.0. The summed E-state index contributed by atoms with van der Waals surface area (Å²) in [6.07, 6.45) is 29.8. The summed E-state index contributed by atoms with van der Waals surface area (Å²) in [5.41, 5.74) is 0. The summed E-state index contributed by atoms with van der Waals surface area (Å²) in [6.45, 7) is 1.58. The van der Waals surface area contributed by atoms with E-state index in [9.17, 15) is 9.90 Å². The van der Waals surface area contributed by atoms with Gasteiger partial charge in [0.05, 0.1) is 6.10 Å². The maximum atomic E-state index is 12.0. The molecule has 0 aliphatic carbocycles. The number of likely N-dealkylation sites (tertiary alicyclic amines) is 1. The zero-order valence-electron chi connectivity index (χ0n) is 20.0. The maximum Gasteiger partial charge on any atom is 0.246 e. The topological polar surface area (TPSA) is 60.8 Å². The molecule has 0 aromatic rings. The van der Waals surface area contributed by atoms with Gasteiger partial charge >= 0.3 is 0 Å². The van der Waals surface area contributed by atoms with Gasteiger partial charge in [-0.1, -0.05) is 102 Å². The van der Waals surface area contributed by atoms with Gasteiger partial charge in [0.2, 0.25) is 5.91 Å². The molecule has 1 saturated heterocycles. The summed E-state index contributed by atoms with van der Waals surface area (Å²) in [6, 6.07) is 0. The Bertz CT molecular complexity index is 475. The quantitative estimate of drug-likeness (QED) is 0.142. The van der Waals surface area contributed by atoms with Crippen LogP contribution in [-0.4, -0.2) is 46.8 Å². The molecule has 0 aromatic carbocycles. The lowest BCUT2D eigenvalue weighted by Gasteiger charge is -2.29. The molecule has 0 saturated carbocycles. The van der Waals surface area contributed by atoms with Crippen molar-refractivity contribution in [2.45, 2.75) is 122 Å². The minimum atomic E-state index is -0.356. The van der Waals surface area contributed by atoms with Crippen LogP contribution in [0.5, 0.6) is 0 Å². The number of rotatable bonds is 19. The van der Waals surface area contributed by atoms with Gasteiger partial charge in [-0.05, 0) is 32.1 Å². The Morgan fingerprint density at radius 3 is 1.81 bits per heavy atom. The standard InChI is InChI=1S/C27H49NO3/c29-24-19-17-15-13-11-9-7-5-3-1-2-4-6-8-10-12-14-16-18-22-27(31)28-23-20-21-26(30)25-28/h14,16,18,22,26,29-30H,1-13,15,17,19-21,23-25H2/b16-14-,22-18-. The molecule has 4 nitrogen and oxygen atoms in total. The number of amides is 1. The average molecular weight is 436 g/mol. The van der Waals surface area contributed by atoms with E-state index in [4.69, 9.17) is 5.11 Å². The third-order valence-electron chi connectivity index (χ3n) is 6.22. The van der Waals surface area contributed by atoms with Gasteiger partial charge in [0, 0.05) is 25.8 Å². The SMILES string of the molecule is O=C(/C=C\C=C/CCCCCCCCCCCCCCCCCO)N1CCCC(O)C1. The van der Waals surface area contributed by atoms with E-state index in [0.29, 0.717) is 13.2 Å². The van der Waals surface area contributed by atoms with E-state index in [1.807, 2.05) is 12.2 Å². The van der Waals surface area contributed by atoms with Gasteiger partial charge in [-0.2, -0.15) is 0 Å². The number of carbonyl (C=O) groups is 1. The number of unbranched alkanes of at least 4 members (excludes halogenated alkanes) is 15. The first-order valence-corrected chi connectivity index (χ1v) is 13.1. The number of piperidine rings is 1. The lowest BCUT2D eigenvalue weighted by Crippen LogP contribution is -2.41. The van der Waals surface area contributed by atoms with Crippen LogP contribution in [0.3, 0.4) is 0 Å². The van der Waals surface area contributed by atoms with Crippen molar-refractivity contribution in [2.75, 3.05) is 19.7 Å². The van der Waals surface area contributed by atoms with Crippen LogP contribution in [0.15, 0.2) is 24.3 Å². The second-order valence-electron chi connectivity index (χ2n) is 9.18. The fourth-order valence-corrected chi connectivity index (χ4v) is 4.25. The fourth-order valence-electron chi connectivity index (χ4n) is 4.25. The Labute approximate surface area is 191 Å². The van der Waals surface area contributed by atoms with Gasteiger partial charge in [0.15, 0.2) is 0 Å². The van der Waals surface area contributed by atoms with Crippen molar-refractivity contribution in [1.82, 2.24) is 4.90 Å². The van der Waals surface area contributed by atoms with Crippen LogP contribution in [0, 0.1) is 0 Å². The minimum Gasteiger partial charge on any atom is -0.396 e. The summed E-state index contributed by atoms with van der Waals surface area (Å²) in [4.78, 5) is 13.8. The van der Waals surface area contributed by atoms with E-state index in [2.05, 4.69) is 6.08 Å². The first-order valence-electron chi connectivity index (χ1n) is 13.1. The smallest absolute Gasteiger partial charge is 0.246 e. The maximum absolute atomic E-state index is 12.0. The lowest BCUT2D eigenvalue weighted by molar-refractivity contribution is -0.128. The number of hydrogen-bond acceptors (Lipinski definition) is 3. The third kappa shape index (κ3) is 17.1. The van der Waals surface area contributed by atoms with Crippen molar-refractivity contribution < 1.29 is 15.0 Å². The van der Waals surface area contributed by atoms with E-state index in [1.165, 1.54) is 89.9 Å². The van der Waals surface area contributed by atoms with Crippen molar-refractivity contribution in [3.63, 3.8) is 0 Å². The Balaban J connectivity index is 1.80. The molecule has 31 heavy (non-hydrogen) atoms. The highest BCUT2D eigenvalue weighted by atomic mass is 16.3. The number of nitrogens with zero attached hydrogens (tertiary/aromatic N) is 1. The highest BCUT2D eigenvalue weighted by Gasteiger charge is 2.19. The summed E-state index contributed by atoms with van der Waals surface area (Å²) < 4.78 is 0. The molecule has 1 amide bonds. The monoisotopic (exact) mass is 435 g/mol. The van der Waals surface area contributed by atoms with Gasteiger partial charge in [0.25, 0.3) is 0 Å². The Morgan fingerprint density at radius 2 is 1.29 bits per heavy atom. The number of aliphatic hydroxyl groups excluding tert-OH is 2. The Kier molecular flexibility index (Phi) is 18.7. The van der Waals surface area contributed by atoms with Crippen molar-refractivity contribution in [2.24, 2.45) is 0 Å². The van der Waals surface area contributed by atoms with E-state index in [0.717, 1.165) is 32.2 Å². The minimum absolute atomic E-state index is 0.0117. The molecule has 1 fully saturated rings. The van der Waals surface area contributed by atoms with Crippen LogP contribution in [0.25, 0.3) is 0 Å². The van der Waals surface area contributed by atoms with Crippen LogP contribution < -0.4 is 0 Å². The molecule has 4 heteroatoms. The lowest BCUT2D eigenvalue weighted by atomic mass is 10.0. The summed E-state index contributed by atoms with van der Waals surface area (Å²) in [5.74, 6) is 0.0117. The van der Waals surface area contributed by atoms with Crippen LogP contribution in [0.1, 0.15) is 116 Å². The van der Waals surface area contributed by atoms with E-state index in [1.54, 1.807) is 11.0 Å². The molecule has 1 atom stereocenters. The molecule has 1 unspecified atom stereocenters. The summed E-state index contributed by atoms with van der Waals surface area (Å²) >= 11 is 0. The average Bonchev–Trinajstić information content (AvgIpc) is 2.77.